The van der Waals surface area contributed by atoms with Gasteiger partial charge in [0.15, 0.2) is 5.65 Å². The third-order valence-corrected chi connectivity index (χ3v) is 5.35. The van der Waals surface area contributed by atoms with E-state index >= 15 is 0 Å². The first-order valence-corrected chi connectivity index (χ1v) is 9.69. The third-order valence-electron chi connectivity index (χ3n) is 5.35. The van der Waals surface area contributed by atoms with E-state index in [2.05, 4.69) is 20.3 Å². The van der Waals surface area contributed by atoms with Crippen molar-refractivity contribution in [2.45, 2.75) is 26.2 Å². The number of ether oxygens (including phenoxy) is 1. The van der Waals surface area contributed by atoms with Gasteiger partial charge in [-0.3, -0.25) is 0 Å². The van der Waals surface area contributed by atoms with Crippen LogP contribution in [0.5, 0.6) is 5.75 Å². The van der Waals surface area contributed by atoms with Crippen molar-refractivity contribution in [2.24, 2.45) is 13.0 Å². The summed E-state index contributed by atoms with van der Waals surface area (Å²) in [4.78, 5) is 13.1. The second kappa shape index (κ2) is 7.95. The van der Waals surface area contributed by atoms with Crippen LogP contribution in [-0.2, 0) is 7.05 Å². The minimum Gasteiger partial charge on any atom is -0.493 e. The van der Waals surface area contributed by atoms with Crippen LogP contribution in [0.1, 0.15) is 30.7 Å². The fourth-order valence-electron chi connectivity index (χ4n) is 3.72. The molecule has 0 aliphatic carbocycles. The van der Waals surface area contributed by atoms with E-state index in [0.29, 0.717) is 16.9 Å². The van der Waals surface area contributed by atoms with Gasteiger partial charge >= 0.3 is 0 Å². The lowest BCUT2D eigenvalue weighted by atomic mass is 9.95. The van der Waals surface area contributed by atoms with Crippen molar-refractivity contribution in [2.75, 3.05) is 19.7 Å². The van der Waals surface area contributed by atoms with Gasteiger partial charge in [-0.15, -0.1) is 0 Å². The Balaban J connectivity index is 1.55. The topological polar surface area (TPSA) is 88.7 Å². The van der Waals surface area contributed by atoms with Gasteiger partial charge in [0.25, 0.3) is 0 Å². The fraction of sp³-hybridized carbons (Fsp3) is 0.429. The molecule has 1 aliphatic heterocycles. The van der Waals surface area contributed by atoms with Crippen LogP contribution in [0.4, 0.5) is 0 Å². The van der Waals surface area contributed by atoms with Crippen LogP contribution in [-0.4, -0.2) is 39.2 Å². The lowest BCUT2D eigenvalue weighted by molar-refractivity contribution is 0.251. The number of fused-ring (bicyclic) bond motifs is 1. The number of benzene rings is 1. The summed E-state index contributed by atoms with van der Waals surface area (Å²) in [5.41, 5.74) is 3.98. The first-order chi connectivity index (χ1) is 13.7. The molecule has 0 amide bonds. The molecule has 1 saturated heterocycles. The molecule has 0 atom stereocenters. The zero-order valence-corrected chi connectivity index (χ0v) is 16.3. The van der Waals surface area contributed by atoms with Crippen molar-refractivity contribution in [1.82, 2.24) is 24.8 Å². The molecular formula is C21H24N6O. The largest absolute Gasteiger partial charge is 0.493 e. The van der Waals surface area contributed by atoms with E-state index in [-0.39, 0.29) is 5.82 Å². The number of aromatic nitrogens is 4. The molecule has 144 valence electrons. The van der Waals surface area contributed by atoms with Crippen molar-refractivity contribution in [3.63, 3.8) is 0 Å². The van der Waals surface area contributed by atoms with Crippen LogP contribution < -0.4 is 10.1 Å². The van der Waals surface area contributed by atoms with Gasteiger partial charge in [0.2, 0.25) is 5.82 Å². The summed E-state index contributed by atoms with van der Waals surface area (Å²) < 4.78 is 7.84. The Morgan fingerprint density at radius 3 is 2.86 bits per heavy atom. The molecule has 3 heterocycles. The van der Waals surface area contributed by atoms with Crippen LogP contribution in [0.15, 0.2) is 24.5 Å². The predicted octanol–water partition coefficient (Wildman–Crippen LogP) is 2.98. The smallest absolute Gasteiger partial charge is 0.234 e. The normalized spacial score (nSPS) is 14.9. The molecule has 3 aromatic rings. The van der Waals surface area contributed by atoms with Crippen LogP contribution in [0, 0.1) is 24.2 Å². The van der Waals surface area contributed by atoms with Crippen molar-refractivity contribution in [3.8, 4) is 23.1 Å². The summed E-state index contributed by atoms with van der Waals surface area (Å²) in [6.07, 6.45) is 5.25. The zero-order chi connectivity index (χ0) is 19.5. The summed E-state index contributed by atoms with van der Waals surface area (Å²) in [6.45, 7) is 5.00. The number of hydrogen-bond donors (Lipinski definition) is 1. The summed E-state index contributed by atoms with van der Waals surface area (Å²) >= 11 is 0. The number of rotatable bonds is 5. The number of nitrogens with one attached hydrogen (secondary N) is 1. The van der Waals surface area contributed by atoms with Gasteiger partial charge in [-0.2, -0.15) is 10.2 Å². The molecule has 0 bridgehead atoms. The summed E-state index contributed by atoms with van der Waals surface area (Å²) in [6, 6.07) is 8.04. The fourth-order valence-corrected chi connectivity index (χ4v) is 3.72. The van der Waals surface area contributed by atoms with E-state index in [1.165, 1.54) is 12.8 Å². The molecule has 1 N–H and O–H groups in total. The van der Waals surface area contributed by atoms with Crippen LogP contribution in [0.2, 0.25) is 0 Å². The van der Waals surface area contributed by atoms with Gasteiger partial charge < -0.3 is 14.6 Å². The number of hydrogen-bond acceptors (Lipinski definition) is 6. The highest BCUT2D eigenvalue weighted by molar-refractivity contribution is 5.87. The maximum atomic E-state index is 9.27. The number of nitrogens with zero attached hydrogens (tertiary/aromatic N) is 5. The third kappa shape index (κ3) is 3.69. The van der Waals surface area contributed by atoms with Crippen molar-refractivity contribution >= 4 is 11.2 Å². The van der Waals surface area contributed by atoms with Gasteiger partial charge in [0, 0.05) is 12.6 Å². The van der Waals surface area contributed by atoms with E-state index < -0.39 is 0 Å². The molecule has 1 aromatic carbocycles. The van der Waals surface area contributed by atoms with Crippen molar-refractivity contribution in [1.29, 1.82) is 5.26 Å². The lowest BCUT2D eigenvalue weighted by Crippen LogP contribution is -2.28. The highest BCUT2D eigenvalue weighted by Crippen LogP contribution is 2.29. The standard InChI is InChI=1S/C21H24N6O/c1-14-11-16(3-4-17(14)28-10-7-15-5-8-23-9-6-15)19-20-21(27(2)13-24-20)26-18(12-22)25-19/h3-4,11,13,15,23H,5-10H2,1-2H3. The van der Waals surface area contributed by atoms with Gasteiger partial charge in [-0.25, -0.2) is 9.97 Å². The van der Waals surface area contributed by atoms with Crippen LogP contribution >= 0.6 is 0 Å². The Bertz CT molecular complexity index is 1030. The summed E-state index contributed by atoms with van der Waals surface area (Å²) in [5, 5.41) is 12.7. The maximum absolute atomic E-state index is 9.27. The highest BCUT2D eigenvalue weighted by Gasteiger charge is 2.16. The Morgan fingerprint density at radius 2 is 2.11 bits per heavy atom. The average molecular weight is 376 g/mol. The monoisotopic (exact) mass is 376 g/mol. The molecule has 1 fully saturated rings. The SMILES string of the molecule is Cc1cc(-c2nc(C#N)nc3c2ncn3C)ccc1OCCC1CCNCC1. The molecule has 7 nitrogen and oxygen atoms in total. The van der Waals surface area contributed by atoms with E-state index in [4.69, 9.17) is 4.74 Å². The molecule has 1 aliphatic rings. The Hall–Kier alpha value is -2.98. The summed E-state index contributed by atoms with van der Waals surface area (Å²) in [7, 11) is 1.86. The molecule has 0 saturated carbocycles. The second-order valence-corrected chi connectivity index (χ2v) is 7.35. The molecule has 2 aromatic heterocycles. The molecule has 4 rings (SSSR count). The van der Waals surface area contributed by atoms with Gasteiger partial charge in [0.05, 0.1) is 12.9 Å². The predicted molar refractivity (Wildman–Crippen MR) is 107 cm³/mol. The molecule has 7 heteroatoms. The molecular weight excluding hydrogens is 352 g/mol. The van der Waals surface area contributed by atoms with E-state index in [1.807, 2.05) is 38.2 Å². The van der Waals surface area contributed by atoms with E-state index in [1.54, 1.807) is 10.9 Å². The van der Waals surface area contributed by atoms with Gasteiger partial charge in [-0.05, 0) is 69.0 Å². The van der Waals surface area contributed by atoms with Gasteiger partial charge in [-0.1, -0.05) is 0 Å². The first kappa shape index (κ1) is 18.4. The van der Waals surface area contributed by atoms with E-state index in [9.17, 15) is 5.26 Å². The van der Waals surface area contributed by atoms with Crippen molar-refractivity contribution in [3.05, 3.63) is 35.9 Å². The molecule has 0 radical (unpaired) electrons. The number of piperidine rings is 1. The number of nitriles is 1. The Kier molecular flexibility index (Phi) is 5.22. The average Bonchev–Trinajstić information content (AvgIpc) is 3.10. The molecule has 0 spiro atoms. The van der Waals surface area contributed by atoms with Crippen LogP contribution in [0.25, 0.3) is 22.4 Å². The maximum Gasteiger partial charge on any atom is 0.234 e. The number of imidazole rings is 1. The zero-order valence-electron chi connectivity index (χ0n) is 16.3. The Labute approximate surface area is 164 Å². The van der Waals surface area contributed by atoms with Crippen LogP contribution in [0.3, 0.4) is 0 Å². The molecule has 28 heavy (non-hydrogen) atoms. The van der Waals surface area contributed by atoms with Crippen molar-refractivity contribution < 1.29 is 4.74 Å². The summed E-state index contributed by atoms with van der Waals surface area (Å²) in [5.74, 6) is 1.79. The van der Waals surface area contributed by atoms with E-state index in [0.717, 1.165) is 48.9 Å². The second-order valence-electron chi connectivity index (χ2n) is 7.35. The first-order valence-electron chi connectivity index (χ1n) is 9.69. The quantitative estimate of drug-likeness (QED) is 0.736. The lowest BCUT2D eigenvalue weighted by Gasteiger charge is -2.22. The number of aryl methyl sites for hydroxylation is 2. The van der Waals surface area contributed by atoms with Gasteiger partial charge in [0.1, 0.15) is 23.0 Å². The minimum absolute atomic E-state index is 0.144. The highest BCUT2D eigenvalue weighted by atomic mass is 16.5. The Morgan fingerprint density at radius 1 is 1.29 bits per heavy atom. The minimum atomic E-state index is 0.144. The molecule has 0 unspecified atom stereocenters.